The third kappa shape index (κ3) is 3.15. The second-order valence-corrected chi connectivity index (χ2v) is 6.38. The zero-order chi connectivity index (χ0) is 13.9. The summed E-state index contributed by atoms with van der Waals surface area (Å²) in [4.78, 5) is 14.5. The van der Waals surface area contributed by atoms with Gasteiger partial charge in [0.15, 0.2) is 0 Å². The van der Waals surface area contributed by atoms with Gasteiger partial charge in [-0.05, 0) is 55.5 Å². The second-order valence-electron chi connectivity index (χ2n) is 5.94. The summed E-state index contributed by atoms with van der Waals surface area (Å²) in [5.74, 6) is 1.76. The van der Waals surface area contributed by atoms with Crippen LogP contribution in [0.2, 0.25) is 5.02 Å². The molecule has 4 heteroatoms. The molecule has 3 nitrogen and oxygen atoms in total. The highest BCUT2D eigenvalue weighted by molar-refractivity contribution is 6.30. The van der Waals surface area contributed by atoms with Crippen molar-refractivity contribution in [2.45, 2.75) is 19.3 Å². The third-order valence-electron chi connectivity index (χ3n) is 4.62. The second kappa shape index (κ2) is 6.15. The number of carbonyl (C=O) groups is 1. The molecule has 2 aliphatic heterocycles. The lowest BCUT2D eigenvalue weighted by Gasteiger charge is -2.21. The van der Waals surface area contributed by atoms with Crippen LogP contribution in [-0.2, 0) is 11.2 Å². The van der Waals surface area contributed by atoms with Crippen LogP contribution in [0.25, 0.3) is 0 Å². The zero-order valence-corrected chi connectivity index (χ0v) is 12.4. The lowest BCUT2D eigenvalue weighted by atomic mass is 9.92. The molecule has 1 aromatic carbocycles. The smallest absolute Gasteiger partial charge is 0.226 e. The van der Waals surface area contributed by atoms with Crippen LogP contribution in [-0.4, -0.2) is 37.0 Å². The van der Waals surface area contributed by atoms with E-state index in [9.17, 15) is 4.79 Å². The van der Waals surface area contributed by atoms with E-state index < -0.39 is 0 Å². The Morgan fingerprint density at radius 1 is 1.25 bits per heavy atom. The summed E-state index contributed by atoms with van der Waals surface area (Å²) in [6, 6.07) is 7.61. The van der Waals surface area contributed by atoms with Crippen molar-refractivity contribution in [3.63, 3.8) is 0 Å². The first-order chi connectivity index (χ1) is 9.72. The number of nitrogens with one attached hydrogen (secondary N) is 1. The van der Waals surface area contributed by atoms with Gasteiger partial charge in [-0.3, -0.25) is 4.79 Å². The van der Waals surface area contributed by atoms with E-state index in [1.54, 1.807) is 0 Å². The molecule has 0 aromatic heterocycles. The number of fused-ring (bicyclic) bond motifs is 1. The Balaban J connectivity index is 1.60. The van der Waals surface area contributed by atoms with Crippen molar-refractivity contribution in [1.82, 2.24) is 10.2 Å². The molecule has 2 heterocycles. The Morgan fingerprint density at radius 2 is 1.95 bits per heavy atom. The van der Waals surface area contributed by atoms with Gasteiger partial charge in [0.25, 0.3) is 0 Å². The van der Waals surface area contributed by atoms with Crippen LogP contribution in [0.3, 0.4) is 0 Å². The lowest BCUT2D eigenvalue weighted by Crippen LogP contribution is -2.33. The van der Waals surface area contributed by atoms with E-state index in [1.165, 1.54) is 0 Å². The molecule has 1 N–H and O–H groups in total. The maximum Gasteiger partial charge on any atom is 0.226 e. The Labute approximate surface area is 125 Å². The van der Waals surface area contributed by atoms with Gasteiger partial charge in [0.2, 0.25) is 5.91 Å². The van der Waals surface area contributed by atoms with Gasteiger partial charge in [0, 0.05) is 18.1 Å². The Kier molecular flexibility index (Phi) is 4.27. The van der Waals surface area contributed by atoms with Crippen LogP contribution in [0.5, 0.6) is 0 Å². The van der Waals surface area contributed by atoms with Gasteiger partial charge in [0.05, 0.1) is 6.42 Å². The number of rotatable bonds is 2. The first-order valence-electron chi connectivity index (χ1n) is 7.45. The number of nitrogens with zero attached hydrogens (tertiary/aromatic N) is 1. The van der Waals surface area contributed by atoms with Crippen molar-refractivity contribution in [1.29, 1.82) is 0 Å². The summed E-state index contributed by atoms with van der Waals surface area (Å²) in [5, 5.41) is 4.16. The normalized spacial score (nSPS) is 26.1. The average Bonchev–Trinajstić information content (AvgIpc) is 2.77. The highest BCUT2D eigenvalue weighted by atomic mass is 35.5. The fraction of sp³-hybridized carbons (Fsp3) is 0.562. The fourth-order valence-corrected chi connectivity index (χ4v) is 3.61. The van der Waals surface area contributed by atoms with Gasteiger partial charge < -0.3 is 10.2 Å². The molecule has 2 aliphatic rings. The zero-order valence-electron chi connectivity index (χ0n) is 11.6. The summed E-state index contributed by atoms with van der Waals surface area (Å²) in [7, 11) is 0. The van der Waals surface area contributed by atoms with Crippen LogP contribution in [0.4, 0.5) is 0 Å². The topological polar surface area (TPSA) is 32.3 Å². The van der Waals surface area contributed by atoms with Crippen LogP contribution < -0.4 is 5.32 Å². The number of hydrogen-bond donors (Lipinski definition) is 1. The minimum absolute atomic E-state index is 0.236. The first-order valence-corrected chi connectivity index (χ1v) is 7.83. The predicted molar refractivity (Wildman–Crippen MR) is 80.8 cm³/mol. The van der Waals surface area contributed by atoms with E-state index >= 15 is 0 Å². The molecule has 2 atom stereocenters. The van der Waals surface area contributed by atoms with Gasteiger partial charge in [-0.15, -0.1) is 0 Å². The van der Waals surface area contributed by atoms with Crippen molar-refractivity contribution >= 4 is 17.5 Å². The number of benzene rings is 1. The molecule has 3 rings (SSSR count). The van der Waals surface area contributed by atoms with Gasteiger partial charge >= 0.3 is 0 Å². The first kappa shape index (κ1) is 13.9. The standard InChI is InChI=1S/C16H21ClN2O/c17-15-3-1-2-12(8-15)9-16(20)19-6-4-13-10-18-11-14(13)5-7-19/h1-3,8,13-14,18H,4-7,9-11H2/t13-,14+. The number of hydrogen-bond acceptors (Lipinski definition) is 2. The van der Waals surface area contributed by atoms with Crippen molar-refractivity contribution < 1.29 is 4.79 Å². The summed E-state index contributed by atoms with van der Waals surface area (Å²) in [6.07, 6.45) is 2.74. The maximum atomic E-state index is 12.4. The summed E-state index contributed by atoms with van der Waals surface area (Å²) in [6.45, 7) is 4.06. The maximum absolute atomic E-state index is 12.4. The fourth-order valence-electron chi connectivity index (χ4n) is 3.40. The molecule has 1 aromatic rings. The highest BCUT2D eigenvalue weighted by Gasteiger charge is 2.31. The van der Waals surface area contributed by atoms with Crippen molar-refractivity contribution in [2.24, 2.45) is 11.8 Å². The van der Waals surface area contributed by atoms with Crippen LogP contribution in [0.15, 0.2) is 24.3 Å². The predicted octanol–water partition coefficient (Wildman–Crippen LogP) is 2.34. The van der Waals surface area contributed by atoms with Crippen molar-refractivity contribution in [3.05, 3.63) is 34.9 Å². The van der Waals surface area contributed by atoms with Crippen LogP contribution >= 0.6 is 11.6 Å². The minimum Gasteiger partial charge on any atom is -0.342 e. The van der Waals surface area contributed by atoms with Crippen molar-refractivity contribution in [2.75, 3.05) is 26.2 Å². The highest BCUT2D eigenvalue weighted by Crippen LogP contribution is 2.27. The molecule has 0 saturated carbocycles. The van der Waals surface area contributed by atoms with Gasteiger partial charge in [-0.2, -0.15) is 0 Å². The third-order valence-corrected chi connectivity index (χ3v) is 4.85. The monoisotopic (exact) mass is 292 g/mol. The Bertz CT molecular complexity index is 477. The quantitative estimate of drug-likeness (QED) is 0.907. The van der Waals surface area contributed by atoms with Crippen molar-refractivity contribution in [3.8, 4) is 0 Å². The van der Waals surface area contributed by atoms with E-state index in [0.717, 1.165) is 56.4 Å². The molecule has 0 radical (unpaired) electrons. The molecule has 0 aliphatic carbocycles. The molecule has 0 bridgehead atoms. The summed E-state index contributed by atoms with van der Waals surface area (Å²) >= 11 is 5.97. The van der Waals surface area contributed by atoms with E-state index in [1.807, 2.05) is 29.2 Å². The number of likely N-dealkylation sites (tertiary alicyclic amines) is 1. The summed E-state index contributed by atoms with van der Waals surface area (Å²) in [5.41, 5.74) is 1.01. The average molecular weight is 293 g/mol. The Morgan fingerprint density at radius 3 is 2.60 bits per heavy atom. The lowest BCUT2D eigenvalue weighted by molar-refractivity contribution is -0.130. The van der Waals surface area contributed by atoms with Gasteiger partial charge in [-0.25, -0.2) is 0 Å². The number of amides is 1. The molecule has 2 fully saturated rings. The molecular formula is C16H21ClN2O. The minimum atomic E-state index is 0.236. The number of halogens is 1. The molecule has 20 heavy (non-hydrogen) atoms. The van der Waals surface area contributed by atoms with E-state index in [-0.39, 0.29) is 5.91 Å². The van der Waals surface area contributed by atoms with Crippen LogP contribution in [0.1, 0.15) is 18.4 Å². The van der Waals surface area contributed by atoms with E-state index in [2.05, 4.69) is 5.32 Å². The van der Waals surface area contributed by atoms with Gasteiger partial charge in [0.1, 0.15) is 0 Å². The molecule has 1 amide bonds. The van der Waals surface area contributed by atoms with Gasteiger partial charge in [-0.1, -0.05) is 23.7 Å². The molecular weight excluding hydrogens is 272 g/mol. The SMILES string of the molecule is O=C(Cc1cccc(Cl)c1)N1CC[C@@H]2CNC[C@@H]2CC1. The Hall–Kier alpha value is -1.06. The van der Waals surface area contributed by atoms with E-state index in [0.29, 0.717) is 11.4 Å². The van der Waals surface area contributed by atoms with Crippen LogP contribution in [0, 0.1) is 11.8 Å². The number of carbonyl (C=O) groups excluding carboxylic acids is 1. The van der Waals surface area contributed by atoms with E-state index in [4.69, 9.17) is 11.6 Å². The molecule has 0 unspecified atom stereocenters. The molecule has 108 valence electrons. The molecule has 0 spiro atoms. The molecule has 2 saturated heterocycles. The summed E-state index contributed by atoms with van der Waals surface area (Å²) < 4.78 is 0. The largest absolute Gasteiger partial charge is 0.342 e.